The van der Waals surface area contributed by atoms with E-state index in [1.807, 2.05) is 0 Å². The predicted molar refractivity (Wildman–Crippen MR) is 70.9 cm³/mol. The average Bonchev–Trinajstić information content (AvgIpc) is 2.16. The summed E-state index contributed by atoms with van der Waals surface area (Å²) in [5.74, 6) is 0. The van der Waals surface area contributed by atoms with Crippen molar-refractivity contribution in [3.05, 3.63) is 41.5 Å². The summed E-state index contributed by atoms with van der Waals surface area (Å²) in [5, 5.41) is 0. The molecule has 80 valence electrons. The summed E-state index contributed by atoms with van der Waals surface area (Å²) >= 11 is 0. The molecule has 0 saturated heterocycles. The van der Waals surface area contributed by atoms with E-state index in [-0.39, 0.29) is 0 Å². The van der Waals surface area contributed by atoms with Gasteiger partial charge in [0.1, 0.15) is 0 Å². The largest absolute Gasteiger partial charge is 0.0807 e. The second kappa shape index (κ2) is 3.97. The van der Waals surface area contributed by atoms with Crippen LogP contribution >= 0.6 is 0 Å². The molecular weight excluding hydrogens is 196 g/mol. The van der Waals surface area contributed by atoms with E-state index >= 15 is 0 Å². The molecule has 0 atom stereocenters. The third kappa shape index (κ3) is 2.60. The quantitative estimate of drug-likeness (QED) is 0.645. The van der Waals surface area contributed by atoms with Crippen LogP contribution in [0.1, 0.15) is 17.5 Å². The third-order valence-electron chi connectivity index (χ3n) is 2.89. The van der Waals surface area contributed by atoms with E-state index < -0.39 is 8.07 Å². The molecule has 1 aliphatic carbocycles. The molecule has 0 amide bonds. The van der Waals surface area contributed by atoms with Crippen molar-refractivity contribution in [2.45, 2.75) is 38.5 Å². The summed E-state index contributed by atoms with van der Waals surface area (Å²) in [7, 11) is -0.981. The van der Waals surface area contributed by atoms with E-state index in [2.05, 4.69) is 50.0 Å². The Kier molecular flexibility index (Phi) is 2.83. The lowest BCUT2D eigenvalue weighted by Gasteiger charge is -2.23. The molecule has 0 aromatic heterocycles. The molecule has 1 aromatic rings. The number of benzene rings is 1. The Labute approximate surface area is 94.0 Å². The monoisotopic (exact) mass is 216 g/mol. The van der Waals surface area contributed by atoms with Crippen molar-refractivity contribution in [3.8, 4) is 0 Å². The van der Waals surface area contributed by atoms with Crippen LogP contribution in [0, 0.1) is 0 Å². The van der Waals surface area contributed by atoms with Gasteiger partial charge in [0.25, 0.3) is 0 Å². The molecule has 15 heavy (non-hydrogen) atoms. The fourth-order valence-electron chi connectivity index (χ4n) is 2.30. The molecule has 0 fully saturated rings. The fraction of sp³-hybridized carbons (Fsp3) is 0.429. The first-order valence-corrected chi connectivity index (χ1v) is 9.54. The fourth-order valence-corrected chi connectivity index (χ4v) is 3.78. The van der Waals surface area contributed by atoms with Crippen LogP contribution in [0.2, 0.25) is 25.7 Å². The van der Waals surface area contributed by atoms with Gasteiger partial charge in [-0.25, -0.2) is 0 Å². The van der Waals surface area contributed by atoms with Gasteiger partial charge < -0.3 is 0 Å². The molecule has 1 aliphatic rings. The van der Waals surface area contributed by atoms with Crippen molar-refractivity contribution in [3.63, 3.8) is 0 Å². The Balaban J connectivity index is 2.31. The van der Waals surface area contributed by atoms with Gasteiger partial charge in [0.2, 0.25) is 0 Å². The maximum absolute atomic E-state index is 2.46. The van der Waals surface area contributed by atoms with E-state index in [9.17, 15) is 0 Å². The second-order valence-corrected chi connectivity index (χ2v) is 11.1. The molecule has 0 heterocycles. The first-order chi connectivity index (χ1) is 7.06. The van der Waals surface area contributed by atoms with Gasteiger partial charge in [0.15, 0.2) is 0 Å². The highest BCUT2D eigenvalue weighted by Crippen LogP contribution is 2.32. The molecule has 1 aromatic carbocycles. The Hall–Kier alpha value is -0.823. The topological polar surface area (TPSA) is 0 Å². The number of aryl methyl sites for hydroxylation is 1. The van der Waals surface area contributed by atoms with Crippen LogP contribution in [0.5, 0.6) is 0 Å². The molecule has 0 saturated carbocycles. The van der Waals surface area contributed by atoms with Crippen LogP contribution in [-0.4, -0.2) is 8.07 Å². The minimum atomic E-state index is -0.981. The smallest absolute Gasteiger partial charge is 0.0487 e. The van der Waals surface area contributed by atoms with Crippen molar-refractivity contribution in [2.24, 2.45) is 0 Å². The molecule has 0 aliphatic heterocycles. The van der Waals surface area contributed by atoms with E-state index in [1.54, 1.807) is 11.1 Å². The predicted octanol–water partition coefficient (Wildman–Crippen LogP) is 4.35. The van der Waals surface area contributed by atoms with Gasteiger partial charge in [0.05, 0.1) is 0 Å². The molecule has 0 bridgehead atoms. The maximum atomic E-state index is 2.46. The van der Waals surface area contributed by atoms with E-state index in [4.69, 9.17) is 0 Å². The van der Waals surface area contributed by atoms with Crippen molar-refractivity contribution < 1.29 is 0 Å². The van der Waals surface area contributed by atoms with Crippen molar-refractivity contribution in [2.75, 3.05) is 0 Å². The summed E-state index contributed by atoms with van der Waals surface area (Å²) in [4.78, 5) is 0. The summed E-state index contributed by atoms with van der Waals surface area (Å²) in [6.07, 6.45) is 4.92. The Bertz CT molecular complexity index is 383. The standard InChI is InChI=1S/C14H20Si/c1-15(2,3)11-13-9-6-8-12-7-4-5-10-14(12)13/h4-5,7,9-10H,6,8,11H2,1-3H3. The van der Waals surface area contributed by atoms with Crippen molar-refractivity contribution in [1.82, 2.24) is 0 Å². The minimum absolute atomic E-state index is 0.981. The summed E-state index contributed by atoms with van der Waals surface area (Å²) in [6, 6.07) is 10.2. The first kappa shape index (κ1) is 10.7. The average molecular weight is 216 g/mol. The maximum Gasteiger partial charge on any atom is 0.0487 e. The second-order valence-electron chi connectivity index (χ2n) is 5.66. The van der Waals surface area contributed by atoms with Gasteiger partial charge in [-0.2, -0.15) is 0 Å². The van der Waals surface area contributed by atoms with Gasteiger partial charge in [-0.05, 0) is 35.6 Å². The van der Waals surface area contributed by atoms with Gasteiger partial charge in [-0.3, -0.25) is 0 Å². The third-order valence-corrected chi connectivity index (χ3v) is 4.33. The normalized spacial score (nSPS) is 15.8. The van der Waals surface area contributed by atoms with Gasteiger partial charge in [0, 0.05) is 8.07 Å². The zero-order valence-corrected chi connectivity index (χ0v) is 11.0. The van der Waals surface area contributed by atoms with Crippen molar-refractivity contribution >= 4 is 13.6 Å². The highest BCUT2D eigenvalue weighted by Gasteiger charge is 2.19. The highest BCUT2D eigenvalue weighted by atomic mass is 28.3. The van der Waals surface area contributed by atoms with E-state index in [1.165, 1.54) is 24.4 Å². The molecule has 0 unspecified atom stereocenters. The Morgan fingerprint density at radius 3 is 2.60 bits per heavy atom. The van der Waals surface area contributed by atoms with Crippen LogP contribution in [0.25, 0.3) is 5.57 Å². The minimum Gasteiger partial charge on any atom is -0.0807 e. The lowest BCUT2D eigenvalue weighted by atomic mass is 9.92. The molecule has 0 radical (unpaired) electrons. The lowest BCUT2D eigenvalue weighted by Crippen LogP contribution is -2.20. The molecule has 0 spiro atoms. The molecule has 1 heteroatoms. The number of allylic oxidation sites excluding steroid dienone is 2. The van der Waals surface area contributed by atoms with Crippen LogP contribution in [0.15, 0.2) is 30.3 Å². The van der Waals surface area contributed by atoms with Gasteiger partial charge in [-0.1, -0.05) is 50.0 Å². The van der Waals surface area contributed by atoms with Crippen LogP contribution in [0.4, 0.5) is 0 Å². The van der Waals surface area contributed by atoms with Crippen molar-refractivity contribution in [1.29, 1.82) is 0 Å². The van der Waals surface area contributed by atoms with E-state index in [0.717, 1.165) is 0 Å². The number of fused-ring (bicyclic) bond motifs is 1. The summed E-state index contributed by atoms with van der Waals surface area (Å²) < 4.78 is 0. The summed E-state index contributed by atoms with van der Waals surface area (Å²) in [5.41, 5.74) is 4.68. The zero-order valence-electron chi connectivity index (χ0n) is 10.0. The van der Waals surface area contributed by atoms with Gasteiger partial charge in [-0.15, -0.1) is 0 Å². The Morgan fingerprint density at radius 1 is 1.13 bits per heavy atom. The van der Waals surface area contributed by atoms with Crippen LogP contribution < -0.4 is 0 Å². The number of hydrogen-bond acceptors (Lipinski definition) is 0. The Morgan fingerprint density at radius 2 is 1.87 bits per heavy atom. The SMILES string of the molecule is C[Si](C)(C)CC1=CCCc2ccccc21. The van der Waals surface area contributed by atoms with Crippen LogP contribution in [0.3, 0.4) is 0 Å². The first-order valence-electron chi connectivity index (χ1n) is 5.83. The molecule has 0 N–H and O–H groups in total. The van der Waals surface area contributed by atoms with Gasteiger partial charge >= 0.3 is 0 Å². The lowest BCUT2D eigenvalue weighted by molar-refractivity contribution is 0.974. The van der Waals surface area contributed by atoms with Crippen LogP contribution in [-0.2, 0) is 6.42 Å². The molecule has 2 rings (SSSR count). The zero-order chi connectivity index (χ0) is 10.9. The van der Waals surface area contributed by atoms with E-state index in [0.29, 0.717) is 0 Å². The summed E-state index contributed by atoms with van der Waals surface area (Å²) in [6.45, 7) is 7.35. The number of rotatable bonds is 2. The molecule has 0 nitrogen and oxygen atoms in total. The number of hydrogen-bond donors (Lipinski definition) is 0. The highest BCUT2D eigenvalue weighted by molar-refractivity contribution is 6.77. The molecular formula is C14H20Si.